The number of nitro benzene ring substituents is 1. The van der Waals surface area contributed by atoms with Crippen LogP contribution in [0.5, 0.6) is 0 Å². The van der Waals surface area contributed by atoms with Crippen LogP contribution < -0.4 is 15.5 Å². The Morgan fingerprint density at radius 2 is 1.56 bits per heavy atom. The fraction of sp³-hybridized carbons (Fsp3) is 0.344. The molecule has 0 fully saturated rings. The average molecular weight is 700 g/mol. The minimum Gasteiger partial charge on any atom is -0.355 e. The minimum absolute atomic E-state index is 0.123. The fourth-order valence-electron chi connectivity index (χ4n) is 5.36. The third-order valence-corrected chi connectivity index (χ3v) is 10.4. The van der Waals surface area contributed by atoms with E-state index in [-0.39, 0.29) is 48.4 Å². The molecule has 2 N–H and O–H groups in total. The van der Waals surface area contributed by atoms with E-state index in [9.17, 15) is 32.9 Å². The number of fused-ring (bicyclic) bond motifs is 1. The van der Waals surface area contributed by atoms with Crippen LogP contribution in [0.15, 0.2) is 71.6 Å². The van der Waals surface area contributed by atoms with Gasteiger partial charge in [0, 0.05) is 57.9 Å². The molecule has 0 spiro atoms. The van der Waals surface area contributed by atoms with Gasteiger partial charge >= 0.3 is 0 Å². The lowest BCUT2D eigenvalue weighted by atomic mass is 10.1. The highest BCUT2D eigenvalue weighted by molar-refractivity contribution is 7.89. The SMILES string of the molecule is CNC(=O)c1ccc(Cl)c(N(CCN(C(C)C)S(=O)(=O)c2ccccc2[N+](=O)[O-])C(=O)CNCC(=O)N(C)N2Cc3ccccc3C2)c1. The number of likely N-dealkylation sites (N-methyl/N-ethyl adjacent to an activating group) is 1. The van der Waals surface area contributed by atoms with E-state index in [1.807, 2.05) is 29.3 Å². The van der Waals surface area contributed by atoms with E-state index in [4.69, 9.17) is 11.6 Å². The summed E-state index contributed by atoms with van der Waals surface area (Å²) in [4.78, 5) is 50.9. The Hall–Kier alpha value is -4.41. The molecule has 0 bridgehead atoms. The standard InChI is InChI=1S/C32H38ClN7O7S/c1-22(2)39(48(46,47)29-12-8-7-11-27(29)40(44)45)16-15-38(28-17-23(32(43)34-3)13-14-26(28)33)31(42)19-35-18-30(41)36(4)37-20-24-9-5-6-10-25(24)21-37/h5-14,17,22,35H,15-16,18-21H2,1-4H3,(H,34,43). The van der Waals surface area contributed by atoms with Crippen molar-refractivity contribution in [1.29, 1.82) is 0 Å². The van der Waals surface area contributed by atoms with E-state index in [0.29, 0.717) is 13.1 Å². The van der Waals surface area contributed by atoms with E-state index >= 15 is 0 Å². The van der Waals surface area contributed by atoms with E-state index in [1.54, 1.807) is 20.9 Å². The van der Waals surface area contributed by atoms with Crippen molar-refractivity contribution in [1.82, 2.24) is 25.0 Å². The summed E-state index contributed by atoms with van der Waals surface area (Å²) >= 11 is 6.52. The number of nitrogens with zero attached hydrogens (tertiary/aromatic N) is 5. The molecule has 0 saturated carbocycles. The molecule has 14 nitrogen and oxygen atoms in total. The van der Waals surface area contributed by atoms with Crippen LogP contribution in [0.4, 0.5) is 11.4 Å². The molecule has 0 saturated heterocycles. The number of hydrazine groups is 1. The molecular formula is C32H38ClN7O7S. The predicted octanol–water partition coefficient (Wildman–Crippen LogP) is 3.02. The number of sulfonamides is 1. The van der Waals surface area contributed by atoms with Crippen molar-refractivity contribution >= 4 is 50.7 Å². The molecule has 3 aromatic carbocycles. The average Bonchev–Trinajstić information content (AvgIpc) is 3.50. The second-order valence-corrected chi connectivity index (χ2v) is 13.6. The van der Waals surface area contributed by atoms with Crippen molar-refractivity contribution in [3.8, 4) is 0 Å². The summed E-state index contributed by atoms with van der Waals surface area (Å²) in [5.41, 5.74) is 2.04. The molecule has 0 atom stereocenters. The first kappa shape index (κ1) is 36.4. The number of halogens is 1. The van der Waals surface area contributed by atoms with Gasteiger partial charge in [-0.25, -0.2) is 13.4 Å². The number of hydrogen-bond donors (Lipinski definition) is 2. The summed E-state index contributed by atoms with van der Waals surface area (Å²) in [5.74, 6) is -1.26. The number of nitro groups is 1. The summed E-state index contributed by atoms with van der Waals surface area (Å²) in [7, 11) is -1.29. The summed E-state index contributed by atoms with van der Waals surface area (Å²) in [6, 6.07) is 16.6. The third kappa shape index (κ3) is 8.17. The fourth-order valence-corrected chi connectivity index (χ4v) is 7.37. The number of nitrogens with one attached hydrogen (secondary N) is 2. The molecule has 3 amide bonds. The normalized spacial score (nSPS) is 13.0. The number of rotatable bonds is 14. The predicted molar refractivity (Wildman–Crippen MR) is 181 cm³/mol. The monoisotopic (exact) mass is 699 g/mol. The van der Waals surface area contributed by atoms with Gasteiger partial charge in [0.2, 0.25) is 15.9 Å². The Balaban J connectivity index is 1.54. The summed E-state index contributed by atoms with van der Waals surface area (Å²) in [6.45, 7) is 3.39. The first-order valence-electron chi connectivity index (χ1n) is 15.1. The van der Waals surface area contributed by atoms with Crippen LogP contribution in [0, 0.1) is 10.1 Å². The van der Waals surface area contributed by atoms with Gasteiger partial charge in [-0.2, -0.15) is 4.31 Å². The van der Waals surface area contributed by atoms with Gasteiger partial charge in [-0.15, -0.1) is 0 Å². The highest BCUT2D eigenvalue weighted by atomic mass is 35.5. The number of benzene rings is 3. The Bertz CT molecular complexity index is 1780. The largest absolute Gasteiger partial charge is 0.355 e. The molecule has 1 aliphatic heterocycles. The van der Waals surface area contributed by atoms with Crippen LogP contribution >= 0.6 is 11.6 Å². The van der Waals surface area contributed by atoms with E-state index in [2.05, 4.69) is 10.6 Å². The quantitative estimate of drug-likeness (QED) is 0.190. The zero-order valence-corrected chi connectivity index (χ0v) is 28.6. The van der Waals surface area contributed by atoms with Crippen LogP contribution in [-0.2, 0) is 32.7 Å². The molecule has 48 heavy (non-hydrogen) atoms. The number of carbonyl (C=O) groups excluding carboxylic acids is 3. The number of amides is 3. The molecule has 0 unspecified atom stereocenters. The van der Waals surface area contributed by atoms with Crippen molar-refractivity contribution in [3.63, 3.8) is 0 Å². The Kier molecular flexibility index (Phi) is 11.9. The van der Waals surface area contributed by atoms with Gasteiger partial charge in [0.25, 0.3) is 17.5 Å². The number of para-hydroxylation sites is 1. The van der Waals surface area contributed by atoms with Crippen molar-refractivity contribution in [2.75, 3.05) is 45.2 Å². The molecule has 1 aliphatic rings. The van der Waals surface area contributed by atoms with Gasteiger partial charge in [0.05, 0.1) is 28.7 Å². The minimum atomic E-state index is -4.39. The van der Waals surface area contributed by atoms with Crippen LogP contribution in [0.2, 0.25) is 5.02 Å². The maximum absolute atomic E-state index is 13.8. The lowest BCUT2D eigenvalue weighted by Gasteiger charge is -2.31. The summed E-state index contributed by atoms with van der Waals surface area (Å²) in [5, 5.41) is 20.6. The number of anilines is 1. The number of hydrogen-bond acceptors (Lipinski definition) is 9. The molecule has 0 aliphatic carbocycles. The maximum atomic E-state index is 13.8. The van der Waals surface area contributed by atoms with Gasteiger partial charge in [-0.3, -0.25) is 34.8 Å². The molecule has 1 heterocycles. The highest BCUT2D eigenvalue weighted by Gasteiger charge is 2.34. The van der Waals surface area contributed by atoms with E-state index < -0.39 is 43.4 Å². The second kappa shape index (κ2) is 15.7. The molecular weight excluding hydrogens is 662 g/mol. The Labute approximate surface area is 284 Å². The van der Waals surface area contributed by atoms with Crippen LogP contribution in [0.1, 0.15) is 35.3 Å². The van der Waals surface area contributed by atoms with Crippen molar-refractivity contribution < 1.29 is 27.7 Å². The van der Waals surface area contributed by atoms with Gasteiger partial charge in [0.1, 0.15) is 0 Å². The maximum Gasteiger partial charge on any atom is 0.289 e. The van der Waals surface area contributed by atoms with Gasteiger partial charge in [-0.05, 0) is 49.2 Å². The molecule has 256 valence electrons. The zero-order valence-electron chi connectivity index (χ0n) is 27.1. The van der Waals surface area contributed by atoms with Gasteiger partial charge in [-0.1, -0.05) is 48.0 Å². The van der Waals surface area contributed by atoms with E-state index in [1.165, 1.54) is 47.3 Å². The first-order chi connectivity index (χ1) is 22.8. The van der Waals surface area contributed by atoms with Crippen molar-refractivity contribution in [2.24, 2.45) is 0 Å². The summed E-state index contributed by atoms with van der Waals surface area (Å²) in [6.07, 6.45) is 0. The first-order valence-corrected chi connectivity index (χ1v) is 16.9. The van der Waals surface area contributed by atoms with Crippen LogP contribution in [0.25, 0.3) is 0 Å². The zero-order chi connectivity index (χ0) is 35.2. The third-order valence-electron chi connectivity index (χ3n) is 7.96. The molecule has 3 aromatic rings. The van der Waals surface area contributed by atoms with Crippen LogP contribution in [-0.4, -0.2) is 91.7 Å². The molecule has 4 rings (SSSR count). The van der Waals surface area contributed by atoms with E-state index in [0.717, 1.165) is 27.6 Å². The highest BCUT2D eigenvalue weighted by Crippen LogP contribution is 2.30. The molecule has 0 aromatic heterocycles. The van der Waals surface area contributed by atoms with Gasteiger partial charge < -0.3 is 10.2 Å². The molecule has 0 radical (unpaired) electrons. The Morgan fingerprint density at radius 3 is 2.17 bits per heavy atom. The Morgan fingerprint density at radius 1 is 0.958 bits per heavy atom. The second-order valence-electron chi connectivity index (χ2n) is 11.3. The van der Waals surface area contributed by atoms with Crippen LogP contribution in [0.3, 0.4) is 0 Å². The lowest BCUT2D eigenvalue weighted by Crippen LogP contribution is -2.48. The lowest BCUT2D eigenvalue weighted by molar-refractivity contribution is -0.387. The number of carbonyl (C=O) groups is 3. The topological polar surface area (TPSA) is 166 Å². The van der Waals surface area contributed by atoms with Crippen molar-refractivity contribution in [3.05, 3.63) is 98.6 Å². The van der Waals surface area contributed by atoms with Crippen molar-refractivity contribution in [2.45, 2.75) is 37.9 Å². The smallest absolute Gasteiger partial charge is 0.289 e. The molecule has 16 heteroatoms. The summed E-state index contributed by atoms with van der Waals surface area (Å²) < 4.78 is 28.5. The van der Waals surface area contributed by atoms with Gasteiger partial charge in [0.15, 0.2) is 4.90 Å².